The predicted molar refractivity (Wildman–Crippen MR) is 87.0 cm³/mol. The topological polar surface area (TPSA) is 18.5 Å². The third-order valence-corrected chi connectivity index (χ3v) is 5.14. The van der Waals surface area contributed by atoms with Crippen LogP contribution in [0.4, 0.5) is 0 Å². The zero-order valence-corrected chi connectivity index (χ0v) is 13.9. The molecule has 0 aliphatic carbocycles. The van der Waals surface area contributed by atoms with E-state index < -0.39 is 0 Å². The highest BCUT2D eigenvalue weighted by Crippen LogP contribution is 2.39. The lowest BCUT2D eigenvalue weighted by Gasteiger charge is -2.32. The predicted octanol–water partition coefficient (Wildman–Crippen LogP) is 4.00. The van der Waals surface area contributed by atoms with Gasteiger partial charge in [0.15, 0.2) is 0 Å². The van der Waals surface area contributed by atoms with E-state index in [0.29, 0.717) is 5.75 Å². The largest absolute Gasteiger partial charge is 0.491 e. The fraction of sp³-hybridized carbons (Fsp3) is 0.571. The summed E-state index contributed by atoms with van der Waals surface area (Å²) in [5.41, 5.74) is 0.472. The summed E-state index contributed by atoms with van der Waals surface area (Å²) >= 11 is 6.19. The first-order valence-corrected chi connectivity index (χ1v) is 7.93. The Morgan fingerprint density at radius 3 is 2.26 bits per heavy atom. The van der Waals surface area contributed by atoms with Gasteiger partial charge in [-0.25, -0.2) is 0 Å². The molecule has 0 saturated carbocycles. The molecule has 2 nitrogen and oxygen atoms in total. The lowest BCUT2D eigenvalue weighted by Crippen LogP contribution is -2.41. The minimum absolute atomic E-state index is 0.301. The molecule has 1 aliphatic rings. The zero-order chi connectivity index (χ0) is 14.3. The van der Waals surface area contributed by atoms with Crippen LogP contribution < -0.4 is 0 Å². The van der Waals surface area contributed by atoms with Crippen LogP contribution in [0, 0.1) is 6.92 Å². The highest BCUT2D eigenvalue weighted by atomic mass is 32.1. The second-order valence-corrected chi connectivity index (χ2v) is 7.55. The maximum atomic E-state index is 6.06. The molecule has 0 radical (unpaired) electrons. The summed E-state index contributed by atoms with van der Waals surface area (Å²) in [6.45, 7) is 10.4. The molecule has 1 aromatic heterocycles. The fourth-order valence-electron chi connectivity index (χ4n) is 1.90. The van der Waals surface area contributed by atoms with Crippen LogP contribution in [0.3, 0.4) is 0 Å². The molecule has 0 aromatic carbocycles. The second-order valence-electron chi connectivity index (χ2n) is 5.91. The Morgan fingerprint density at radius 2 is 1.84 bits per heavy atom. The van der Waals surface area contributed by atoms with Crippen molar-refractivity contribution in [1.29, 1.82) is 0 Å². The first kappa shape index (κ1) is 15.2. The Hall–Kier alpha value is -0.225. The summed E-state index contributed by atoms with van der Waals surface area (Å²) < 4.78 is 12.1. The zero-order valence-electron chi connectivity index (χ0n) is 12.2. The number of rotatable bonds is 3. The fourth-order valence-corrected chi connectivity index (χ4v) is 2.99. The molecule has 0 N–H and O–H groups in total. The van der Waals surface area contributed by atoms with Crippen LogP contribution in [-0.4, -0.2) is 24.1 Å². The summed E-state index contributed by atoms with van der Waals surface area (Å²) in [5, 5.41) is 0. The Bertz CT molecular complexity index is 475. The van der Waals surface area contributed by atoms with Gasteiger partial charge in [0.2, 0.25) is 0 Å². The third-order valence-electron chi connectivity index (χ3n) is 3.83. The summed E-state index contributed by atoms with van der Waals surface area (Å²) in [5.74, 6) is 0.633. The highest BCUT2D eigenvalue weighted by Gasteiger charge is 2.52. The van der Waals surface area contributed by atoms with Gasteiger partial charge in [0.25, 0.3) is 0 Å². The van der Waals surface area contributed by atoms with Crippen molar-refractivity contribution in [2.24, 2.45) is 0 Å². The number of hydrogen-bond acceptors (Lipinski definition) is 4. The number of thiol groups is 1. The first-order valence-electron chi connectivity index (χ1n) is 6.48. The normalized spacial score (nSPS) is 22.0. The smallest absolute Gasteiger partial charge is 0.400 e. The molecule has 0 spiro atoms. The van der Waals surface area contributed by atoms with E-state index >= 15 is 0 Å². The van der Waals surface area contributed by atoms with E-state index in [1.165, 1.54) is 9.75 Å². The van der Waals surface area contributed by atoms with Gasteiger partial charge in [-0.1, -0.05) is 0 Å². The van der Waals surface area contributed by atoms with E-state index in [-0.39, 0.29) is 18.3 Å². The number of hydrogen-bond donors (Lipinski definition) is 1. The molecule has 2 heterocycles. The molecular formula is C14H21BO2S2. The molecule has 2 rings (SSSR count). The summed E-state index contributed by atoms with van der Waals surface area (Å²) in [7, 11) is -0.301. The highest BCUT2D eigenvalue weighted by molar-refractivity contribution is 7.80. The van der Waals surface area contributed by atoms with E-state index in [4.69, 9.17) is 9.31 Å². The van der Waals surface area contributed by atoms with E-state index in [1.807, 2.05) is 0 Å². The van der Waals surface area contributed by atoms with Gasteiger partial charge in [-0.3, -0.25) is 0 Å². The maximum absolute atomic E-state index is 6.06. The van der Waals surface area contributed by atoms with E-state index in [9.17, 15) is 0 Å². The van der Waals surface area contributed by atoms with E-state index in [2.05, 4.69) is 65.5 Å². The van der Waals surface area contributed by atoms with Crippen molar-refractivity contribution in [3.05, 3.63) is 27.4 Å². The van der Waals surface area contributed by atoms with E-state index in [0.717, 1.165) is 5.47 Å². The SMILES string of the molecule is Cc1ccc(C=C(CS)B2OC(C)(C)C(C)(C)O2)s1. The first-order chi connectivity index (χ1) is 8.75. The number of thiophene rings is 1. The van der Waals surface area contributed by atoms with Gasteiger partial charge in [-0.2, -0.15) is 12.6 Å². The second kappa shape index (κ2) is 5.28. The van der Waals surface area contributed by atoms with Gasteiger partial charge < -0.3 is 9.31 Å². The van der Waals surface area contributed by atoms with Crippen LogP contribution in [0.2, 0.25) is 0 Å². The van der Waals surface area contributed by atoms with Crippen LogP contribution in [0.15, 0.2) is 17.6 Å². The Labute approximate surface area is 125 Å². The quantitative estimate of drug-likeness (QED) is 0.671. The molecular weight excluding hydrogens is 275 g/mol. The Balaban J connectivity index is 2.23. The van der Waals surface area contributed by atoms with Gasteiger partial charge in [0.05, 0.1) is 11.2 Å². The Morgan fingerprint density at radius 1 is 1.26 bits per heavy atom. The maximum Gasteiger partial charge on any atom is 0.491 e. The molecule has 1 fully saturated rings. The molecule has 19 heavy (non-hydrogen) atoms. The third kappa shape index (κ3) is 3.10. The van der Waals surface area contributed by atoms with Gasteiger partial charge >= 0.3 is 7.12 Å². The Kier molecular flexibility index (Phi) is 4.22. The average Bonchev–Trinajstić information content (AvgIpc) is 2.78. The lowest BCUT2D eigenvalue weighted by atomic mass is 9.79. The van der Waals surface area contributed by atoms with Crippen molar-refractivity contribution < 1.29 is 9.31 Å². The summed E-state index contributed by atoms with van der Waals surface area (Å²) in [4.78, 5) is 2.52. The van der Waals surface area contributed by atoms with E-state index in [1.54, 1.807) is 11.3 Å². The van der Waals surface area contributed by atoms with Crippen LogP contribution in [0.1, 0.15) is 37.4 Å². The van der Waals surface area contributed by atoms with Crippen LogP contribution in [0.5, 0.6) is 0 Å². The molecule has 5 heteroatoms. The van der Waals surface area contributed by atoms with Crippen molar-refractivity contribution in [1.82, 2.24) is 0 Å². The molecule has 0 unspecified atom stereocenters. The van der Waals surface area contributed by atoms with Crippen molar-refractivity contribution in [2.75, 3.05) is 5.75 Å². The molecule has 104 valence electrons. The molecule has 0 amide bonds. The van der Waals surface area contributed by atoms with Gasteiger partial charge in [0.1, 0.15) is 0 Å². The minimum Gasteiger partial charge on any atom is -0.400 e. The average molecular weight is 296 g/mol. The van der Waals surface area contributed by atoms with Crippen LogP contribution >= 0.6 is 24.0 Å². The lowest BCUT2D eigenvalue weighted by molar-refractivity contribution is 0.00578. The van der Waals surface area contributed by atoms with Crippen molar-refractivity contribution in [3.63, 3.8) is 0 Å². The van der Waals surface area contributed by atoms with Crippen molar-refractivity contribution in [3.8, 4) is 0 Å². The van der Waals surface area contributed by atoms with Crippen LogP contribution in [-0.2, 0) is 9.31 Å². The minimum atomic E-state index is -0.301. The van der Waals surface area contributed by atoms with Crippen molar-refractivity contribution in [2.45, 2.75) is 45.8 Å². The van der Waals surface area contributed by atoms with Gasteiger partial charge in [-0.05, 0) is 58.3 Å². The monoisotopic (exact) mass is 296 g/mol. The van der Waals surface area contributed by atoms with Gasteiger partial charge in [-0.15, -0.1) is 11.3 Å². The van der Waals surface area contributed by atoms with Crippen LogP contribution in [0.25, 0.3) is 6.08 Å². The molecule has 0 bridgehead atoms. The van der Waals surface area contributed by atoms with Gasteiger partial charge in [0, 0.05) is 15.5 Å². The molecule has 0 atom stereocenters. The number of aryl methyl sites for hydroxylation is 1. The molecule has 1 aliphatic heterocycles. The molecule has 1 saturated heterocycles. The molecule has 1 aromatic rings. The standard InChI is InChI=1S/C14H21BO2S2/c1-10-6-7-12(19-10)8-11(9-18)15-16-13(2,3)14(4,5)17-15/h6-8,18H,9H2,1-5H3. The van der Waals surface area contributed by atoms with Crippen molar-refractivity contribution >= 4 is 37.2 Å². The summed E-state index contributed by atoms with van der Waals surface area (Å²) in [6, 6.07) is 4.24. The summed E-state index contributed by atoms with van der Waals surface area (Å²) in [6.07, 6.45) is 2.13.